The van der Waals surface area contributed by atoms with Gasteiger partial charge in [0.2, 0.25) is 5.91 Å². The Morgan fingerprint density at radius 1 is 1.50 bits per heavy atom. The predicted octanol–water partition coefficient (Wildman–Crippen LogP) is 2.60. The van der Waals surface area contributed by atoms with E-state index in [4.69, 9.17) is 4.42 Å². The Balaban J connectivity index is 1.72. The van der Waals surface area contributed by atoms with Crippen molar-refractivity contribution < 1.29 is 13.6 Å². The van der Waals surface area contributed by atoms with Gasteiger partial charge in [-0.2, -0.15) is 0 Å². The van der Waals surface area contributed by atoms with Gasteiger partial charge in [-0.1, -0.05) is 18.2 Å². The third kappa shape index (κ3) is 3.04. The number of para-hydroxylation sites is 1. The number of nitrogens with one attached hydrogen (secondary N) is 1. The molecule has 22 heavy (non-hydrogen) atoms. The third-order valence-corrected chi connectivity index (χ3v) is 3.92. The second kappa shape index (κ2) is 6.32. The summed E-state index contributed by atoms with van der Waals surface area (Å²) >= 11 is 0. The van der Waals surface area contributed by atoms with Crippen molar-refractivity contribution in [3.8, 4) is 0 Å². The summed E-state index contributed by atoms with van der Waals surface area (Å²) in [5.74, 6) is 0.441. The molecular formula is C17H19FN2O2. The molecule has 1 fully saturated rings. The molecule has 0 unspecified atom stereocenters. The second-order valence-corrected chi connectivity index (χ2v) is 5.56. The molecule has 3 rings (SSSR count). The molecular weight excluding hydrogens is 283 g/mol. The highest BCUT2D eigenvalue weighted by Gasteiger charge is 2.33. The fraction of sp³-hybridized carbons (Fsp3) is 0.353. The van der Waals surface area contributed by atoms with Crippen LogP contribution < -0.4 is 5.32 Å². The Labute approximate surface area is 128 Å². The van der Waals surface area contributed by atoms with Crippen molar-refractivity contribution in [1.82, 2.24) is 10.2 Å². The minimum atomic E-state index is -0.943. The van der Waals surface area contributed by atoms with E-state index < -0.39 is 6.17 Å². The first-order valence-corrected chi connectivity index (χ1v) is 7.43. The quantitative estimate of drug-likeness (QED) is 0.883. The van der Waals surface area contributed by atoms with Crippen molar-refractivity contribution >= 4 is 23.0 Å². The molecule has 0 bridgehead atoms. The maximum Gasteiger partial charge on any atom is 0.247 e. The van der Waals surface area contributed by atoms with Gasteiger partial charge in [0.15, 0.2) is 0 Å². The molecule has 1 aromatic heterocycles. The first-order valence-electron chi connectivity index (χ1n) is 7.43. The fourth-order valence-corrected chi connectivity index (χ4v) is 2.89. The zero-order valence-corrected chi connectivity index (χ0v) is 12.5. The number of amides is 1. The molecule has 116 valence electrons. The van der Waals surface area contributed by atoms with Gasteiger partial charge in [-0.05, 0) is 25.3 Å². The first kappa shape index (κ1) is 14.8. The number of alkyl halides is 1. The van der Waals surface area contributed by atoms with E-state index in [-0.39, 0.29) is 18.5 Å². The van der Waals surface area contributed by atoms with Gasteiger partial charge in [-0.3, -0.25) is 4.79 Å². The zero-order chi connectivity index (χ0) is 15.5. The van der Waals surface area contributed by atoms with Crippen LogP contribution in [-0.2, 0) is 4.79 Å². The number of hydrogen-bond donors (Lipinski definition) is 1. The smallest absolute Gasteiger partial charge is 0.247 e. The zero-order valence-electron chi connectivity index (χ0n) is 12.5. The fourth-order valence-electron chi connectivity index (χ4n) is 2.89. The first-order chi connectivity index (χ1) is 10.7. The number of nitrogens with zero attached hydrogens (tertiary/aromatic N) is 1. The van der Waals surface area contributed by atoms with E-state index in [0.29, 0.717) is 18.7 Å². The lowest BCUT2D eigenvalue weighted by atomic mass is 10.2. The Morgan fingerprint density at radius 2 is 2.32 bits per heavy atom. The van der Waals surface area contributed by atoms with Crippen LogP contribution in [0.2, 0.25) is 0 Å². The third-order valence-electron chi connectivity index (χ3n) is 3.92. The van der Waals surface area contributed by atoms with E-state index >= 15 is 0 Å². The van der Waals surface area contributed by atoms with Crippen LogP contribution in [0.3, 0.4) is 0 Å². The van der Waals surface area contributed by atoms with Crippen LogP contribution in [0.15, 0.2) is 40.8 Å². The van der Waals surface area contributed by atoms with Crippen LogP contribution in [0.4, 0.5) is 4.39 Å². The largest absolute Gasteiger partial charge is 0.457 e. The molecule has 1 saturated heterocycles. The average Bonchev–Trinajstić information content (AvgIpc) is 3.08. The van der Waals surface area contributed by atoms with E-state index in [1.165, 1.54) is 6.08 Å². The van der Waals surface area contributed by atoms with E-state index in [9.17, 15) is 9.18 Å². The highest BCUT2D eigenvalue weighted by atomic mass is 19.1. The summed E-state index contributed by atoms with van der Waals surface area (Å²) in [5, 5.41) is 4.00. The molecule has 2 atom stereocenters. The minimum Gasteiger partial charge on any atom is -0.457 e. The standard InChI is InChI=1S/C17H19FN2O2/c1-19-10-14-9-13(18)11-20(14)17(21)7-6-15-8-12-4-2-3-5-16(12)22-15/h2-8,13-14,19H,9-11H2,1H3/b7-6+/t13-,14-/m0/s1. The Hall–Kier alpha value is -2.14. The topological polar surface area (TPSA) is 45.5 Å². The lowest BCUT2D eigenvalue weighted by molar-refractivity contribution is -0.126. The van der Waals surface area contributed by atoms with Gasteiger partial charge in [0.1, 0.15) is 17.5 Å². The lowest BCUT2D eigenvalue weighted by Crippen LogP contribution is -2.40. The number of hydrogen-bond acceptors (Lipinski definition) is 3. The minimum absolute atomic E-state index is 0.0900. The monoisotopic (exact) mass is 302 g/mol. The van der Waals surface area contributed by atoms with Gasteiger partial charge in [-0.15, -0.1) is 0 Å². The second-order valence-electron chi connectivity index (χ2n) is 5.56. The van der Waals surface area contributed by atoms with Crippen LogP contribution in [-0.4, -0.2) is 43.2 Å². The Bertz CT molecular complexity index is 662. The highest BCUT2D eigenvalue weighted by molar-refractivity contribution is 5.92. The van der Waals surface area contributed by atoms with E-state index in [1.807, 2.05) is 30.3 Å². The van der Waals surface area contributed by atoms with Crippen LogP contribution in [0.1, 0.15) is 12.2 Å². The molecule has 0 spiro atoms. The number of likely N-dealkylation sites (tertiary alicyclic amines) is 1. The van der Waals surface area contributed by atoms with Gasteiger partial charge in [0.25, 0.3) is 0 Å². The number of carbonyl (C=O) groups excluding carboxylic acids is 1. The summed E-state index contributed by atoms with van der Waals surface area (Å²) in [7, 11) is 1.80. The average molecular weight is 302 g/mol. The number of fused-ring (bicyclic) bond motifs is 1. The molecule has 1 amide bonds. The van der Waals surface area contributed by atoms with Crippen molar-refractivity contribution in [1.29, 1.82) is 0 Å². The number of rotatable bonds is 4. The number of benzene rings is 1. The van der Waals surface area contributed by atoms with Crippen molar-refractivity contribution in [2.24, 2.45) is 0 Å². The Kier molecular flexibility index (Phi) is 4.24. The summed E-state index contributed by atoms with van der Waals surface area (Å²) in [6.07, 6.45) is 2.55. The van der Waals surface area contributed by atoms with Crippen LogP contribution in [0.25, 0.3) is 17.0 Å². The number of furan rings is 1. The summed E-state index contributed by atoms with van der Waals surface area (Å²) < 4.78 is 19.2. The maximum absolute atomic E-state index is 13.5. The molecule has 1 aromatic carbocycles. The Morgan fingerprint density at radius 3 is 3.09 bits per heavy atom. The normalized spacial score (nSPS) is 22.0. The molecule has 4 nitrogen and oxygen atoms in total. The summed E-state index contributed by atoms with van der Waals surface area (Å²) in [6, 6.07) is 9.46. The van der Waals surface area contributed by atoms with Gasteiger partial charge < -0.3 is 14.6 Å². The van der Waals surface area contributed by atoms with E-state index in [2.05, 4.69) is 5.32 Å². The van der Waals surface area contributed by atoms with Gasteiger partial charge in [0, 0.05) is 30.5 Å². The molecule has 2 aromatic rings. The molecule has 1 aliphatic heterocycles. The highest BCUT2D eigenvalue weighted by Crippen LogP contribution is 2.22. The van der Waals surface area contributed by atoms with Crippen LogP contribution in [0, 0.1) is 0 Å². The summed E-state index contributed by atoms with van der Waals surface area (Å²) in [5.41, 5.74) is 0.785. The SMILES string of the molecule is CNC[C@@H]1C[C@H](F)CN1C(=O)/C=C/c1cc2ccccc2o1. The van der Waals surface area contributed by atoms with Crippen molar-refractivity contribution in [3.63, 3.8) is 0 Å². The van der Waals surface area contributed by atoms with Crippen LogP contribution >= 0.6 is 0 Å². The number of carbonyl (C=O) groups is 1. The lowest BCUT2D eigenvalue weighted by Gasteiger charge is -2.22. The molecule has 1 N–H and O–H groups in total. The molecule has 0 saturated carbocycles. The molecule has 1 aliphatic rings. The van der Waals surface area contributed by atoms with Gasteiger partial charge in [0.05, 0.1) is 6.54 Å². The van der Waals surface area contributed by atoms with Crippen molar-refractivity contribution in [3.05, 3.63) is 42.2 Å². The van der Waals surface area contributed by atoms with Gasteiger partial charge in [-0.25, -0.2) is 4.39 Å². The summed E-state index contributed by atoms with van der Waals surface area (Å²) in [6.45, 7) is 0.764. The number of halogens is 1. The summed E-state index contributed by atoms with van der Waals surface area (Å²) in [4.78, 5) is 13.9. The maximum atomic E-state index is 13.5. The molecule has 0 aliphatic carbocycles. The van der Waals surface area contributed by atoms with Crippen molar-refractivity contribution in [2.45, 2.75) is 18.6 Å². The van der Waals surface area contributed by atoms with Crippen LogP contribution in [0.5, 0.6) is 0 Å². The van der Waals surface area contributed by atoms with Crippen molar-refractivity contribution in [2.75, 3.05) is 20.1 Å². The van der Waals surface area contributed by atoms with E-state index in [0.717, 1.165) is 11.0 Å². The molecule has 5 heteroatoms. The molecule has 2 heterocycles. The predicted molar refractivity (Wildman–Crippen MR) is 84.2 cm³/mol. The number of likely N-dealkylation sites (N-methyl/N-ethyl adjacent to an activating group) is 1. The molecule has 0 radical (unpaired) electrons. The van der Waals surface area contributed by atoms with E-state index in [1.54, 1.807) is 18.0 Å². The van der Waals surface area contributed by atoms with Gasteiger partial charge >= 0.3 is 0 Å².